The monoisotopic (exact) mass is 331 g/mol. The molecule has 9 heteroatoms. The van der Waals surface area contributed by atoms with Crippen LogP contribution in [-0.2, 0) is 11.3 Å². The van der Waals surface area contributed by atoms with E-state index in [4.69, 9.17) is 26.6 Å². The predicted molar refractivity (Wildman–Crippen MR) is 80.3 cm³/mol. The fourth-order valence-electron chi connectivity index (χ4n) is 1.76. The maximum Gasteiger partial charge on any atom is 0.361 e. The third-order valence-electron chi connectivity index (χ3n) is 2.80. The van der Waals surface area contributed by atoms with E-state index in [1.54, 1.807) is 24.3 Å². The molecule has 0 spiro atoms. The summed E-state index contributed by atoms with van der Waals surface area (Å²) >= 11 is 5.91. The van der Waals surface area contributed by atoms with Gasteiger partial charge in [-0.2, -0.15) is 4.98 Å². The molecule has 1 aromatic carbocycles. The van der Waals surface area contributed by atoms with Crippen molar-refractivity contribution in [3.63, 3.8) is 0 Å². The summed E-state index contributed by atoms with van der Waals surface area (Å²) < 4.78 is 10.1. The third-order valence-corrected chi connectivity index (χ3v) is 3.03. The van der Waals surface area contributed by atoms with Gasteiger partial charge in [-0.1, -0.05) is 28.9 Å². The lowest BCUT2D eigenvalue weighted by Crippen LogP contribution is -2.11. The quantitative estimate of drug-likeness (QED) is 0.722. The SMILES string of the molecule is Nc1nccnc1C(=O)OCc1nc(-c2cccc(Cl)c2)no1. The van der Waals surface area contributed by atoms with Crippen LogP contribution in [0.1, 0.15) is 16.4 Å². The third kappa shape index (κ3) is 3.43. The van der Waals surface area contributed by atoms with Gasteiger partial charge < -0.3 is 15.0 Å². The van der Waals surface area contributed by atoms with E-state index < -0.39 is 5.97 Å². The summed E-state index contributed by atoms with van der Waals surface area (Å²) in [6.45, 7) is -0.206. The minimum atomic E-state index is -0.724. The topological polar surface area (TPSA) is 117 Å². The Kier molecular flexibility index (Phi) is 4.15. The summed E-state index contributed by atoms with van der Waals surface area (Å²) in [5.41, 5.74) is 6.17. The molecule has 0 aliphatic rings. The Labute approximate surface area is 135 Å². The maximum atomic E-state index is 11.8. The van der Waals surface area contributed by atoms with Crippen LogP contribution in [0.4, 0.5) is 5.82 Å². The summed E-state index contributed by atoms with van der Waals surface area (Å²) in [4.78, 5) is 23.5. The number of aromatic nitrogens is 4. The first kappa shape index (κ1) is 14.9. The molecule has 0 saturated heterocycles. The van der Waals surface area contributed by atoms with Crippen LogP contribution in [0.5, 0.6) is 0 Å². The van der Waals surface area contributed by atoms with Crippen LogP contribution < -0.4 is 5.73 Å². The predicted octanol–water partition coefficient (Wildman–Crippen LogP) is 2.12. The van der Waals surface area contributed by atoms with Crippen molar-refractivity contribution in [1.82, 2.24) is 20.1 Å². The van der Waals surface area contributed by atoms with Crippen LogP contribution in [0, 0.1) is 0 Å². The Balaban J connectivity index is 1.68. The molecule has 0 saturated carbocycles. The molecular formula is C14H10ClN5O3. The molecule has 0 unspecified atom stereocenters. The van der Waals surface area contributed by atoms with Gasteiger partial charge in [0, 0.05) is 23.0 Å². The Morgan fingerprint density at radius 3 is 2.91 bits per heavy atom. The fraction of sp³-hybridized carbons (Fsp3) is 0.0714. The number of benzene rings is 1. The van der Waals surface area contributed by atoms with Crippen molar-refractivity contribution in [3.05, 3.63) is 53.3 Å². The number of esters is 1. The van der Waals surface area contributed by atoms with E-state index in [9.17, 15) is 4.79 Å². The zero-order valence-electron chi connectivity index (χ0n) is 11.6. The minimum absolute atomic E-state index is 0.0114. The molecule has 116 valence electrons. The van der Waals surface area contributed by atoms with Gasteiger partial charge in [0.2, 0.25) is 5.82 Å². The molecule has 0 aliphatic carbocycles. The standard InChI is InChI=1S/C14H10ClN5O3/c15-9-3-1-2-8(6-9)13-19-10(23-20-13)7-22-14(21)11-12(16)18-5-4-17-11/h1-6H,7H2,(H2,16,18). The fourth-order valence-corrected chi connectivity index (χ4v) is 1.95. The Bertz CT molecular complexity index is 852. The highest BCUT2D eigenvalue weighted by Gasteiger charge is 2.16. The van der Waals surface area contributed by atoms with Crippen LogP contribution >= 0.6 is 11.6 Å². The highest BCUT2D eigenvalue weighted by molar-refractivity contribution is 6.30. The molecule has 2 heterocycles. The molecule has 0 atom stereocenters. The second-order valence-corrected chi connectivity index (χ2v) is 4.82. The lowest BCUT2D eigenvalue weighted by Gasteiger charge is -2.02. The second-order valence-electron chi connectivity index (χ2n) is 4.39. The van der Waals surface area contributed by atoms with Gasteiger partial charge in [0.05, 0.1) is 0 Å². The molecule has 8 nitrogen and oxygen atoms in total. The van der Waals surface area contributed by atoms with Crippen LogP contribution in [0.15, 0.2) is 41.2 Å². The summed E-state index contributed by atoms with van der Waals surface area (Å²) in [6.07, 6.45) is 2.72. The first-order chi connectivity index (χ1) is 11.1. The van der Waals surface area contributed by atoms with Crippen molar-refractivity contribution in [3.8, 4) is 11.4 Å². The molecule has 2 N–H and O–H groups in total. The highest BCUT2D eigenvalue weighted by Crippen LogP contribution is 2.20. The largest absolute Gasteiger partial charge is 0.451 e. The van der Waals surface area contributed by atoms with Crippen LogP contribution in [0.2, 0.25) is 5.02 Å². The Hall–Kier alpha value is -3.00. The number of anilines is 1. The first-order valence-corrected chi connectivity index (χ1v) is 6.83. The smallest absolute Gasteiger partial charge is 0.361 e. The number of nitrogens with two attached hydrogens (primary N) is 1. The van der Waals surface area contributed by atoms with Gasteiger partial charge in [-0.05, 0) is 12.1 Å². The molecule has 0 bridgehead atoms. The zero-order valence-corrected chi connectivity index (χ0v) is 12.4. The molecular weight excluding hydrogens is 322 g/mol. The van der Waals surface area contributed by atoms with Gasteiger partial charge in [-0.3, -0.25) is 0 Å². The number of carbonyl (C=O) groups is 1. The summed E-state index contributed by atoms with van der Waals surface area (Å²) in [6, 6.07) is 6.99. The van der Waals surface area contributed by atoms with Gasteiger partial charge in [0.25, 0.3) is 5.89 Å². The number of nitrogens with zero attached hydrogens (tertiary/aromatic N) is 4. The van der Waals surface area contributed by atoms with Crippen molar-refractivity contribution in [2.45, 2.75) is 6.61 Å². The van der Waals surface area contributed by atoms with Crippen molar-refractivity contribution >= 4 is 23.4 Å². The highest BCUT2D eigenvalue weighted by atomic mass is 35.5. The Morgan fingerprint density at radius 1 is 1.30 bits per heavy atom. The van der Waals surface area contributed by atoms with Gasteiger partial charge in [0.1, 0.15) is 0 Å². The number of hydrogen-bond acceptors (Lipinski definition) is 8. The summed E-state index contributed by atoms with van der Waals surface area (Å²) in [5.74, 6) is -0.255. The lowest BCUT2D eigenvalue weighted by atomic mass is 10.2. The van der Waals surface area contributed by atoms with E-state index in [1.807, 2.05) is 0 Å². The number of nitrogen functional groups attached to an aromatic ring is 1. The average molecular weight is 332 g/mol. The van der Waals surface area contributed by atoms with Crippen LogP contribution in [0.3, 0.4) is 0 Å². The second kappa shape index (κ2) is 6.41. The van der Waals surface area contributed by atoms with Gasteiger partial charge in [-0.25, -0.2) is 14.8 Å². The summed E-state index contributed by atoms with van der Waals surface area (Å²) in [5, 5.41) is 4.36. The summed E-state index contributed by atoms with van der Waals surface area (Å²) in [7, 11) is 0. The van der Waals surface area contributed by atoms with E-state index in [0.717, 1.165) is 0 Å². The van der Waals surface area contributed by atoms with E-state index in [1.165, 1.54) is 12.4 Å². The molecule has 3 rings (SSSR count). The molecule has 3 aromatic rings. The molecule has 0 amide bonds. The van der Waals surface area contributed by atoms with E-state index in [2.05, 4.69) is 20.1 Å². The maximum absolute atomic E-state index is 11.8. The number of rotatable bonds is 4. The van der Waals surface area contributed by atoms with Crippen molar-refractivity contribution in [2.75, 3.05) is 5.73 Å². The van der Waals surface area contributed by atoms with Gasteiger partial charge >= 0.3 is 5.97 Å². The lowest BCUT2D eigenvalue weighted by molar-refractivity contribution is 0.0424. The van der Waals surface area contributed by atoms with Crippen molar-refractivity contribution < 1.29 is 14.1 Å². The van der Waals surface area contributed by atoms with Gasteiger partial charge in [-0.15, -0.1) is 0 Å². The normalized spacial score (nSPS) is 10.5. The van der Waals surface area contributed by atoms with Crippen LogP contribution in [0.25, 0.3) is 11.4 Å². The van der Waals surface area contributed by atoms with Crippen molar-refractivity contribution in [2.24, 2.45) is 0 Å². The Morgan fingerprint density at radius 2 is 2.13 bits per heavy atom. The number of halogens is 1. The number of hydrogen-bond donors (Lipinski definition) is 1. The van der Waals surface area contributed by atoms with Crippen LogP contribution in [-0.4, -0.2) is 26.1 Å². The molecule has 0 fully saturated rings. The van der Waals surface area contributed by atoms with Gasteiger partial charge in [0.15, 0.2) is 18.1 Å². The number of ether oxygens (including phenoxy) is 1. The van der Waals surface area contributed by atoms with E-state index >= 15 is 0 Å². The van der Waals surface area contributed by atoms with Crippen molar-refractivity contribution in [1.29, 1.82) is 0 Å². The zero-order chi connectivity index (χ0) is 16.2. The molecule has 0 aliphatic heterocycles. The molecule has 2 aromatic heterocycles. The van der Waals surface area contributed by atoms with E-state index in [0.29, 0.717) is 16.4 Å². The minimum Gasteiger partial charge on any atom is -0.451 e. The number of carbonyl (C=O) groups excluding carboxylic acids is 1. The molecule has 23 heavy (non-hydrogen) atoms. The average Bonchev–Trinajstić information content (AvgIpc) is 3.02. The first-order valence-electron chi connectivity index (χ1n) is 6.45. The molecule has 0 radical (unpaired) electrons. The van der Waals surface area contributed by atoms with E-state index in [-0.39, 0.29) is 24.0 Å².